The van der Waals surface area contributed by atoms with Crippen molar-refractivity contribution in [3.8, 4) is 5.75 Å². The smallest absolute Gasteiger partial charge is 0.262 e. The maximum Gasteiger partial charge on any atom is 0.262 e. The number of carbonyl (C=O) groups is 2. The van der Waals surface area contributed by atoms with Crippen LogP contribution in [0.4, 0.5) is 0 Å². The highest BCUT2D eigenvalue weighted by molar-refractivity contribution is 6.09. The van der Waals surface area contributed by atoms with E-state index >= 15 is 0 Å². The number of nitrogens with zero attached hydrogens (tertiary/aromatic N) is 1. The quantitative estimate of drug-likeness (QED) is 0.862. The molecule has 0 aliphatic carbocycles. The van der Waals surface area contributed by atoms with Crippen molar-refractivity contribution in [1.82, 2.24) is 4.90 Å². The van der Waals surface area contributed by atoms with Crippen molar-refractivity contribution in [1.29, 1.82) is 0 Å². The van der Waals surface area contributed by atoms with Gasteiger partial charge < -0.3 is 10.5 Å². The summed E-state index contributed by atoms with van der Waals surface area (Å²) in [7, 11) is 0. The molecule has 120 valence electrons. The number of nitrogens with two attached hydrogens (primary N) is 1. The van der Waals surface area contributed by atoms with Crippen LogP contribution in [0.2, 0.25) is 0 Å². The number of ether oxygens (including phenoxy) is 1. The second-order valence-corrected chi connectivity index (χ2v) is 5.95. The Labute approximate surface area is 139 Å². The molecule has 2 heterocycles. The lowest BCUT2D eigenvalue weighted by Gasteiger charge is -2.36. The van der Waals surface area contributed by atoms with Gasteiger partial charge in [-0.1, -0.05) is 48.5 Å². The Kier molecular flexibility index (Phi) is 3.34. The lowest BCUT2D eigenvalue weighted by molar-refractivity contribution is -0.146. The van der Waals surface area contributed by atoms with Gasteiger partial charge in [-0.3, -0.25) is 14.5 Å². The van der Waals surface area contributed by atoms with Crippen molar-refractivity contribution in [3.63, 3.8) is 0 Å². The minimum absolute atomic E-state index is 0.0919. The molecule has 2 amide bonds. The Morgan fingerprint density at radius 1 is 1.04 bits per heavy atom. The summed E-state index contributed by atoms with van der Waals surface area (Å²) in [6, 6.07) is 16.8. The van der Waals surface area contributed by atoms with Gasteiger partial charge in [0.25, 0.3) is 5.91 Å². The first-order valence-electron chi connectivity index (χ1n) is 7.80. The molecule has 0 radical (unpaired) electrons. The maximum atomic E-state index is 12.9. The first-order valence-corrected chi connectivity index (χ1v) is 7.80. The molecule has 0 spiro atoms. The van der Waals surface area contributed by atoms with E-state index in [0.717, 1.165) is 11.1 Å². The average Bonchev–Trinajstić information content (AvgIpc) is 2.59. The van der Waals surface area contributed by atoms with Crippen molar-refractivity contribution in [2.24, 2.45) is 5.73 Å². The Morgan fingerprint density at radius 3 is 2.54 bits per heavy atom. The molecule has 5 heteroatoms. The van der Waals surface area contributed by atoms with Crippen LogP contribution in [0.5, 0.6) is 5.75 Å². The van der Waals surface area contributed by atoms with E-state index in [1.165, 1.54) is 4.90 Å². The Bertz CT molecular complexity index is 858. The fourth-order valence-electron chi connectivity index (χ4n) is 3.30. The predicted octanol–water partition coefficient (Wildman–Crippen LogP) is 2.29. The fraction of sp³-hybridized carbons (Fsp3) is 0.158. The molecule has 0 aromatic heterocycles. The van der Waals surface area contributed by atoms with Crippen molar-refractivity contribution >= 4 is 11.8 Å². The Hall–Kier alpha value is -3.08. The summed E-state index contributed by atoms with van der Waals surface area (Å²) in [6.45, 7) is 0.240. The van der Waals surface area contributed by atoms with E-state index in [1.54, 1.807) is 6.07 Å². The SMILES string of the molecule is NC1=C2C(=O)N(Cc3ccccc3)C(=O)CC2c2ccccc2O1. The molecule has 2 aromatic carbocycles. The van der Waals surface area contributed by atoms with Crippen LogP contribution in [0.3, 0.4) is 0 Å². The van der Waals surface area contributed by atoms with Gasteiger partial charge in [0.1, 0.15) is 5.75 Å². The molecular weight excluding hydrogens is 304 g/mol. The Balaban J connectivity index is 1.70. The van der Waals surface area contributed by atoms with E-state index < -0.39 is 0 Å². The summed E-state index contributed by atoms with van der Waals surface area (Å²) in [5.41, 5.74) is 8.11. The van der Waals surface area contributed by atoms with Crippen molar-refractivity contribution in [2.45, 2.75) is 18.9 Å². The number of benzene rings is 2. The minimum atomic E-state index is -0.368. The predicted molar refractivity (Wildman–Crippen MR) is 87.6 cm³/mol. The molecule has 1 saturated heterocycles. The second-order valence-electron chi connectivity index (χ2n) is 5.95. The molecule has 2 aliphatic heterocycles. The molecule has 4 rings (SSSR count). The monoisotopic (exact) mass is 320 g/mol. The number of likely N-dealkylation sites (tertiary alicyclic amines) is 1. The van der Waals surface area contributed by atoms with Gasteiger partial charge in [0.15, 0.2) is 5.88 Å². The summed E-state index contributed by atoms with van der Waals surface area (Å²) in [5, 5.41) is 0. The number of hydrogen-bond acceptors (Lipinski definition) is 4. The standard InChI is InChI=1S/C19H16N2O3/c20-18-17-14(13-8-4-5-9-15(13)24-18)10-16(22)21(19(17)23)11-12-6-2-1-3-7-12/h1-9,14H,10-11,20H2. The van der Waals surface area contributed by atoms with Gasteiger partial charge in [-0.2, -0.15) is 0 Å². The van der Waals surface area contributed by atoms with Gasteiger partial charge in [-0.05, 0) is 11.6 Å². The van der Waals surface area contributed by atoms with Crippen LogP contribution in [0.25, 0.3) is 0 Å². The van der Waals surface area contributed by atoms with E-state index in [-0.39, 0.29) is 36.6 Å². The molecule has 1 unspecified atom stereocenters. The third-order valence-corrected chi connectivity index (χ3v) is 4.47. The van der Waals surface area contributed by atoms with Gasteiger partial charge in [0.2, 0.25) is 5.91 Å². The lowest BCUT2D eigenvalue weighted by atomic mass is 9.82. The van der Waals surface area contributed by atoms with Crippen LogP contribution in [-0.2, 0) is 16.1 Å². The van der Waals surface area contributed by atoms with E-state index in [1.807, 2.05) is 48.5 Å². The van der Waals surface area contributed by atoms with Crippen LogP contribution in [0, 0.1) is 0 Å². The summed E-state index contributed by atoms with van der Waals surface area (Å²) in [4.78, 5) is 26.7. The number of rotatable bonds is 2. The fourth-order valence-corrected chi connectivity index (χ4v) is 3.30. The molecule has 1 fully saturated rings. The number of piperidine rings is 1. The van der Waals surface area contributed by atoms with Crippen molar-refractivity contribution < 1.29 is 14.3 Å². The number of hydrogen-bond donors (Lipinski definition) is 1. The molecule has 1 atom stereocenters. The van der Waals surface area contributed by atoms with E-state index in [4.69, 9.17) is 10.5 Å². The van der Waals surface area contributed by atoms with Crippen LogP contribution in [0.1, 0.15) is 23.5 Å². The number of amides is 2. The summed E-state index contributed by atoms with van der Waals surface area (Å²) in [6.07, 6.45) is 0.217. The summed E-state index contributed by atoms with van der Waals surface area (Å²) < 4.78 is 5.60. The number of fused-ring (bicyclic) bond motifs is 3. The van der Waals surface area contributed by atoms with Crippen molar-refractivity contribution in [2.75, 3.05) is 0 Å². The Morgan fingerprint density at radius 2 is 1.75 bits per heavy atom. The molecular formula is C19H16N2O3. The topological polar surface area (TPSA) is 72.6 Å². The van der Waals surface area contributed by atoms with Crippen LogP contribution >= 0.6 is 0 Å². The molecule has 2 aromatic rings. The molecule has 5 nitrogen and oxygen atoms in total. The summed E-state index contributed by atoms with van der Waals surface area (Å²) in [5.74, 6) is -0.189. The zero-order valence-electron chi connectivity index (χ0n) is 12.9. The second kappa shape index (κ2) is 5.53. The van der Waals surface area contributed by atoms with Crippen LogP contribution in [-0.4, -0.2) is 16.7 Å². The van der Waals surface area contributed by atoms with Gasteiger partial charge in [0, 0.05) is 17.9 Å². The molecule has 0 saturated carbocycles. The average molecular weight is 320 g/mol. The normalized spacial score (nSPS) is 19.7. The highest BCUT2D eigenvalue weighted by Gasteiger charge is 2.43. The van der Waals surface area contributed by atoms with Gasteiger partial charge >= 0.3 is 0 Å². The zero-order valence-corrected chi connectivity index (χ0v) is 12.9. The highest BCUT2D eigenvalue weighted by Crippen LogP contribution is 2.43. The highest BCUT2D eigenvalue weighted by atomic mass is 16.5. The van der Waals surface area contributed by atoms with Crippen molar-refractivity contribution in [3.05, 3.63) is 77.2 Å². The minimum Gasteiger partial charge on any atom is -0.441 e. The third kappa shape index (κ3) is 2.25. The molecule has 2 N–H and O–H groups in total. The summed E-state index contributed by atoms with van der Waals surface area (Å²) >= 11 is 0. The first kappa shape index (κ1) is 14.5. The molecule has 24 heavy (non-hydrogen) atoms. The first-order chi connectivity index (χ1) is 11.6. The number of imide groups is 1. The van der Waals surface area contributed by atoms with E-state index in [0.29, 0.717) is 11.3 Å². The number of para-hydroxylation sites is 1. The third-order valence-electron chi connectivity index (χ3n) is 4.47. The zero-order chi connectivity index (χ0) is 16.7. The lowest BCUT2D eigenvalue weighted by Crippen LogP contribution is -2.46. The number of carbonyl (C=O) groups excluding carboxylic acids is 2. The van der Waals surface area contributed by atoms with E-state index in [2.05, 4.69) is 0 Å². The molecule has 0 bridgehead atoms. The van der Waals surface area contributed by atoms with E-state index in [9.17, 15) is 9.59 Å². The maximum absolute atomic E-state index is 12.9. The van der Waals surface area contributed by atoms with Gasteiger partial charge in [-0.15, -0.1) is 0 Å². The largest absolute Gasteiger partial charge is 0.441 e. The van der Waals surface area contributed by atoms with Crippen LogP contribution < -0.4 is 10.5 Å². The van der Waals surface area contributed by atoms with Gasteiger partial charge in [0.05, 0.1) is 12.1 Å². The van der Waals surface area contributed by atoms with Crippen LogP contribution in [0.15, 0.2) is 66.1 Å². The molecule has 2 aliphatic rings. The van der Waals surface area contributed by atoms with Gasteiger partial charge in [-0.25, -0.2) is 0 Å².